The first-order valence-electron chi connectivity index (χ1n) is 6.95. The Morgan fingerprint density at radius 2 is 2.11 bits per heavy atom. The van der Waals surface area contributed by atoms with Crippen LogP contribution in [0.5, 0.6) is 0 Å². The molecular weight excluding hydrogens is 260 g/mol. The lowest BCUT2D eigenvalue weighted by atomic mass is 10.1. The Morgan fingerprint density at radius 3 is 2.95 bits per heavy atom. The summed E-state index contributed by atoms with van der Waals surface area (Å²) in [4.78, 5) is 14.6. The fraction of sp³-hybridized carbons (Fsp3) is 0.533. The predicted octanol–water partition coefficient (Wildman–Crippen LogP) is 2.61. The number of carbonyl (C=O) groups excluding carboxylic acids is 1. The van der Waals surface area contributed by atoms with Crippen molar-refractivity contribution in [3.63, 3.8) is 0 Å². The van der Waals surface area contributed by atoms with Crippen LogP contribution in [0.1, 0.15) is 35.2 Å². The highest BCUT2D eigenvalue weighted by molar-refractivity contribution is 6.34. The Labute approximate surface area is 118 Å². The van der Waals surface area contributed by atoms with Gasteiger partial charge in [0.1, 0.15) is 0 Å². The van der Waals surface area contributed by atoms with Crippen molar-refractivity contribution in [3.8, 4) is 0 Å². The summed E-state index contributed by atoms with van der Waals surface area (Å²) in [6.07, 6.45) is 3.47. The number of nitrogens with zero attached hydrogens (tertiary/aromatic N) is 1. The molecule has 3 rings (SSSR count). The van der Waals surface area contributed by atoms with Crippen LogP contribution in [0.2, 0.25) is 5.02 Å². The van der Waals surface area contributed by atoms with Gasteiger partial charge in [-0.05, 0) is 37.8 Å². The molecule has 1 amide bonds. The van der Waals surface area contributed by atoms with Crippen LogP contribution in [0.4, 0.5) is 0 Å². The maximum atomic E-state index is 12.6. The van der Waals surface area contributed by atoms with Gasteiger partial charge in [0.2, 0.25) is 0 Å². The van der Waals surface area contributed by atoms with Crippen molar-refractivity contribution in [3.05, 3.63) is 34.3 Å². The maximum absolute atomic E-state index is 12.6. The Balaban J connectivity index is 1.81. The van der Waals surface area contributed by atoms with Gasteiger partial charge in [-0.3, -0.25) is 4.79 Å². The zero-order valence-electron chi connectivity index (χ0n) is 11.2. The molecule has 2 aliphatic heterocycles. The summed E-state index contributed by atoms with van der Waals surface area (Å²) in [6.45, 7) is 3.57. The van der Waals surface area contributed by atoms with E-state index in [2.05, 4.69) is 5.32 Å². The molecule has 1 N–H and O–H groups in total. The number of fused-ring (bicyclic) bond motifs is 2. The molecule has 2 aliphatic rings. The first kappa shape index (κ1) is 12.9. The molecule has 2 unspecified atom stereocenters. The average Bonchev–Trinajstić information content (AvgIpc) is 2.72. The fourth-order valence-corrected chi connectivity index (χ4v) is 3.32. The molecule has 1 aromatic rings. The van der Waals surface area contributed by atoms with Crippen molar-refractivity contribution >= 4 is 17.5 Å². The van der Waals surface area contributed by atoms with Crippen molar-refractivity contribution in [2.75, 3.05) is 13.1 Å². The normalized spacial score (nSPS) is 26.3. The molecule has 102 valence electrons. The van der Waals surface area contributed by atoms with Gasteiger partial charge in [-0.2, -0.15) is 0 Å². The van der Waals surface area contributed by atoms with Crippen LogP contribution in [-0.4, -0.2) is 36.0 Å². The maximum Gasteiger partial charge on any atom is 0.255 e. The van der Waals surface area contributed by atoms with E-state index in [1.165, 1.54) is 12.8 Å². The molecule has 0 radical (unpaired) electrons. The van der Waals surface area contributed by atoms with Gasteiger partial charge in [-0.1, -0.05) is 23.7 Å². The number of amides is 1. The highest BCUT2D eigenvalue weighted by Gasteiger charge is 2.31. The van der Waals surface area contributed by atoms with Gasteiger partial charge in [-0.25, -0.2) is 0 Å². The molecule has 2 heterocycles. The van der Waals surface area contributed by atoms with E-state index in [4.69, 9.17) is 11.6 Å². The Morgan fingerprint density at radius 1 is 1.32 bits per heavy atom. The zero-order valence-corrected chi connectivity index (χ0v) is 11.9. The number of likely N-dealkylation sites (tertiary alicyclic amines) is 1. The molecule has 2 bridgehead atoms. The molecule has 2 fully saturated rings. The van der Waals surface area contributed by atoms with Crippen molar-refractivity contribution < 1.29 is 4.79 Å². The summed E-state index contributed by atoms with van der Waals surface area (Å²) >= 11 is 6.26. The van der Waals surface area contributed by atoms with E-state index in [0.29, 0.717) is 22.7 Å². The molecule has 4 heteroatoms. The number of rotatable bonds is 1. The predicted molar refractivity (Wildman–Crippen MR) is 76.7 cm³/mol. The van der Waals surface area contributed by atoms with E-state index in [0.717, 1.165) is 25.1 Å². The zero-order chi connectivity index (χ0) is 13.4. The molecule has 19 heavy (non-hydrogen) atoms. The van der Waals surface area contributed by atoms with Crippen LogP contribution in [-0.2, 0) is 0 Å². The summed E-state index contributed by atoms with van der Waals surface area (Å²) in [7, 11) is 0. The number of hydrogen-bond acceptors (Lipinski definition) is 2. The van der Waals surface area contributed by atoms with Crippen molar-refractivity contribution in [2.45, 2.75) is 38.3 Å². The number of halogens is 1. The molecule has 3 nitrogen and oxygen atoms in total. The highest BCUT2D eigenvalue weighted by atomic mass is 35.5. The quantitative estimate of drug-likeness (QED) is 0.856. The van der Waals surface area contributed by atoms with Crippen LogP contribution < -0.4 is 5.32 Å². The summed E-state index contributed by atoms with van der Waals surface area (Å²) in [5.74, 6) is 0.0723. The minimum absolute atomic E-state index is 0.0723. The number of carbonyl (C=O) groups is 1. The second-order valence-corrected chi connectivity index (χ2v) is 5.99. The van der Waals surface area contributed by atoms with Gasteiger partial charge in [0.25, 0.3) is 5.91 Å². The minimum Gasteiger partial charge on any atom is -0.337 e. The lowest BCUT2D eigenvalue weighted by Gasteiger charge is -2.25. The Bertz CT molecular complexity index is 503. The van der Waals surface area contributed by atoms with E-state index < -0.39 is 0 Å². The van der Waals surface area contributed by atoms with E-state index in [9.17, 15) is 4.79 Å². The highest BCUT2D eigenvalue weighted by Crippen LogP contribution is 2.25. The topological polar surface area (TPSA) is 32.3 Å². The summed E-state index contributed by atoms with van der Waals surface area (Å²) in [5.41, 5.74) is 1.60. The van der Waals surface area contributed by atoms with Crippen LogP contribution in [0.15, 0.2) is 18.2 Å². The van der Waals surface area contributed by atoms with E-state index in [1.54, 1.807) is 0 Å². The third kappa shape index (κ3) is 2.49. The third-order valence-corrected chi connectivity index (χ3v) is 4.73. The number of benzene rings is 1. The second kappa shape index (κ2) is 5.14. The summed E-state index contributed by atoms with van der Waals surface area (Å²) in [6, 6.07) is 6.71. The van der Waals surface area contributed by atoms with E-state index in [1.807, 2.05) is 30.0 Å². The molecule has 0 saturated carbocycles. The molecule has 1 aromatic carbocycles. The number of nitrogens with one attached hydrogen (secondary N) is 1. The van der Waals surface area contributed by atoms with Crippen LogP contribution in [0.25, 0.3) is 0 Å². The molecule has 2 atom stereocenters. The Kier molecular flexibility index (Phi) is 3.50. The second-order valence-electron chi connectivity index (χ2n) is 5.61. The standard InChI is InChI=1S/C15H19ClN2O/c1-10-3-2-4-13(14(10)16)15(19)18-8-7-11-5-6-12(9-18)17-11/h2-4,11-12,17H,5-9H2,1H3. The monoisotopic (exact) mass is 278 g/mol. The molecule has 0 aromatic heterocycles. The molecule has 2 saturated heterocycles. The van der Waals surface area contributed by atoms with E-state index >= 15 is 0 Å². The molecular formula is C15H19ClN2O. The SMILES string of the molecule is Cc1cccc(C(=O)N2CCC3CCC(C2)N3)c1Cl. The van der Waals surface area contributed by atoms with E-state index in [-0.39, 0.29) is 5.91 Å². The van der Waals surface area contributed by atoms with Gasteiger partial charge in [-0.15, -0.1) is 0 Å². The lowest BCUT2D eigenvalue weighted by molar-refractivity contribution is 0.0748. The number of hydrogen-bond donors (Lipinski definition) is 1. The smallest absolute Gasteiger partial charge is 0.255 e. The first-order chi connectivity index (χ1) is 9.15. The van der Waals surface area contributed by atoms with Gasteiger partial charge < -0.3 is 10.2 Å². The minimum atomic E-state index is 0.0723. The van der Waals surface area contributed by atoms with Crippen LogP contribution in [0.3, 0.4) is 0 Å². The first-order valence-corrected chi connectivity index (χ1v) is 7.33. The molecule has 0 spiro atoms. The van der Waals surface area contributed by atoms with Crippen molar-refractivity contribution in [1.29, 1.82) is 0 Å². The lowest BCUT2D eigenvalue weighted by Crippen LogP contribution is -2.39. The van der Waals surface area contributed by atoms with Crippen molar-refractivity contribution in [1.82, 2.24) is 10.2 Å². The van der Waals surface area contributed by atoms with Crippen LogP contribution >= 0.6 is 11.6 Å². The summed E-state index contributed by atoms with van der Waals surface area (Å²) in [5, 5.41) is 4.18. The fourth-order valence-electron chi connectivity index (χ4n) is 3.11. The van der Waals surface area contributed by atoms with Crippen LogP contribution in [0, 0.1) is 6.92 Å². The third-order valence-electron chi connectivity index (χ3n) is 4.23. The van der Waals surface area contributed by atoms with Gasteiger partial charge in [0, 0.05) is 25.2 Å². The van der Waals surface area contributed by atoms with Gasteiger partial charge >= 0.3 is 0 Å². The average molecular weight is 279 g/mol. The van der Waals surface area contributed by atoms with Gasteiger partial charge in [0.15, 0.2) is 0 Å². The van der Waals surface area contributed by atoms with Crippen molar-refractivity contribution in [2.24, 2.45) is 0 Å². The van der Waals surface area contributed by atoms with Gasteiger partial charge in [0.05, 0.1) is 10.6 Å². The number of aryl methyl sites for hydroxylation is 1. The largest absolute Gasteiger partial charge is 0.337 e. The Hall–Kier alpha value is -1.06. The summed E-state index contributed by atoms with van der Waals surface area (Å²) < 4.78 is 0. The molecule has 0 aliphatic carbocycles.